The van der Waals surface area contributed by atoms with Crippen molar-refractivity contribution in [3.8, 4) is 0 Å². The predicted octanol–water partition coefficient (Wildman–Crippen LogP) is 2.27. The first-order valence-electron chi connectivity index (χ1n) is 3.48. The van der Waals surface area contributed by atoms with Gasteiger partial charge in [-0.1, -0.05) is 0 Å². The van der Waals surface area contributed by atoms with Gasteiger partial charge in [0.15, 0.2) is 0 Å². The van der Waals surface area contributed by atoms with E-state index in [9.17, 15) is 13.6 Å². The number of alkyl halides is 2. The van der Waals surface area contributed by atoms with Gasteiger partial charge in [0, 0.05) is 5.38 Å². The van der Waals surface area contributed by atoms with E-state index in [1.807, 2.05) is 0 Å². The second-order valence-electron chi connectivity index (χ2n) is 2.47. The van der Waals surface area contributed by atoms with Crippen LogP contribution in [-0.2, 0) is 4.79 Å². The van der Waals surface area contributed by atoms with Crippen LogP contribution in [0.3, 0.4) is 0 Å². The Morgan fingerprint density at radius 3 is 2.69 bits per heavy atom. The lowest BCUT2D eigenvalue weighted by atomic mass is 10.2. The molecule has 0 fully saturated rings. The summed E-state index contributed by atoms with van der Waals surface area (Å²) in [5.41, 5.74) is -0.354. The molecule has 3 nitrogen and oxygen atoms in total. The highest BCUT2D eigenvalue weighted by Gasteiger charge is 2.20. The van der Waals surface area contributed by atoms with Crippen molar-refractivity contribution in [2.75, 3.05) is 0 Å². The fourth-order valence-electron chi connectivity index (χ4n) is 0.705. The number of nitrogens with zero attached hydrogens (tertiary/aromatic N) is 1. The maximum atomic E-state index is 12.0. The molecule has 0 amide bonds. The van der Waals surface area contributed by atoms with Crippen molar-refractivity contribution >= 4 is 17.3 Å². The summed E-state index contributed by atoms with van der Waals surface area (Å²) in [7, 11) is 0. The first kappa shape index (κ1) is 10.0. The van der Waals surface area contributed by atoms with E-state index in [0.717, 1.165) is 11.3 Å². The van der Waals surface area contributed by atoms with Gasteiger partial charge in [-0.2, -0.15) is 0 Å². The molecule has 1 N–H and O–H groups in total. The number of hydrogen-bond acceptors (Lipinski definition) is 3. The number of carboxylic acids is 1. The topological polar surface area (TPSA) is 50.2 Å². The molecule has 13 heavy (non-hydrogen) atoms. The molecule has 1 heterocycles. The molecule has 0 spiro atoms. The van der Waals surface area contributed by atoms with Crippen LogP contribution in [0.1, 0.15) is 30.0 Å². The lowest BCUT2D eigenvalue weighted by Gasteiger charge is -1.99. The summed E-state index contributed by atoms with van der Waals surface area (Å²) in [6, 6.07) is 0. The Balaban J connectivity index is 2.85. The summed E-state index contributed by atoms with van der Waals surface area (Å²) in [4.78, 5) is 14.0. The third kappa shape index (κ3) is 2.21. The van der Waals surface area contributed by atoms with Gasteiger partial charge in [0.25, 0.3) is 6.43 Å². The summed E-state index contributed by atoms with van der Waals surface area (Å²) in [5, 5.41) is 9.95. The molecule has 0 saturated heterocycles. The largest absolute Gasteiger partial charge is 0.481 e. The molecule has 0 radical (unpaired) electrons. The lowest BCUT2D eigenvalue weighted by Crippen LogP contribution is -2.07. The zero-order chi connectivity index (χ0) is 10.0. The van der Waals surface area contributed by atoms with Crippen molar-refractivity contribution in [2.45, 2.75) is 19.3 Å². The SMILES string of the molecule is CC(C(=O)O)c1nc(C(F)F)cs1. The lowest BCUT2D eigenvalue weighted by molar-refractivity contribution is -0.138. The molecule has 72 valence electrons. The minimum absolute atomic E-state index is 0.211. The highest BCUT2D eigenvalue weighted by atomic mass is 32.1. The molecule has 0 aliphatic carbocycles. The Bertz CT molecular complexity index is 313. The average molecular weight is 207 g/mol. The van der Waals surface area contributed by atoms with E-state index in [2.05, 4.69) is 4.98 Å². The minimum atomic E-state index is -2.63. The van der Waals surface area contributed by atoms with Crippen LogP contribution in [0.25, 0.3) is 0 Å². The maximum absolute atomic E-state index is 12.0. The zero-order valence-electron chi connectivity index (χ0n) is 6.70. The quantitative estimate of drug-likeness (QED) is 0.827. The standard InChI is InChI=1S/C7H7F2NO2S/c1-3(7(11)12)6-10-4(2-13-6)5(8)9/h2-3,5H,1H3,(H,11,12). The summed E-state index contributed by atoms with van der Waals surface area (Å²) >= 11 is 0.942. The number of thiazole rings is 1. The highest BCUT2D eigenvalue weighted by Crippen LogP contribution is 2.25. The first-order chi connectivity index (χ1) is 6.02. The molecular formula is C7H7F2NO2S. The van der Waals surface area contributed by atoms with Crippen molar-refractivity contribution < 1.29 is 18.7 Å². The molecule has 1 rings (SSSR count). The number of aromatic nitrogens is 1. The maximum Gasteiger partial charge on any atom is 0.313 e. The number of halogens is 2. The van der Waals surface area contributed by atoms with E-state index in [1.54, 1.807) is 0 Å². The van der Waals surface area contributed by atoms with E-state index in [4.69, 9.17) is 5.11 Å². The van der Waals surface area contributed by atoms with Crippen molar-refractivity contribution in [3.05, 3.63) is 16.1 Å². The number of aliphatic carboxylic acids is 1. The third-order valence-electron chi connectivity index (χ3n) is 1.50. The fraction of sp³-hybridized carbons (Fsp3) is 0.429. The van der Waals surface area contributed by atoms with Crippen LogP contribution in [0, 0.1) is 0 Å². The van der Waals surface area contributed by atoms with Gasteiger partial charge >= 0.3 is 5.97 Å². The van der Waals surface area contributed by atoms with Crippen molar-refractivity contribution in [2.24, 2.45) is 0 Å². The van der Waals surface area contributed by atoms with Crippen LogP contribution < -0.4 is 0 Å². The normalized spacial score (nSPS) is 13.2. The van der Waals surface area contributed by atoms with Crippen LogP contribution in [-0.4, -0.2) is 16.1 Å². The van der Waals surface area contributed by atoms with Crippen molar-refractivity contribution in [3.63, 3.8) is 0 Å². The van der Waals surface area contributed by atoms with Gasteiger partial charge in [-0.15, -0.1) is 11.3 Å². The van der Waals surface area contributed by atoms with Crippen LogP contribution >= 0.6 is 11.3 Å². The van der Waals surface area contributed by atoms with Gasteiger partial charge < -0.3 is 5.11 Å². The Kier molecular flexibility index (Phi) is 2.92. The van der Waals surface area contributed by atoms with Crippen molar-refractivity contribution in [1.82, 2.24) is 4.98 Å². The van der Waals surface area contributed by atoms with Crippen LogP contribution in [0.2, 0.25) is 0 Å². The molecule has 0 aromatic carbocycles. The number of hydrogen-bond donors (Lipinski definition) is 1. The Labute approximate surface area is 77.0 Å². The molecule has 0 aliphatic heterocycles. The molecule has 1 aromatic rings. The Morgan fingerprint density at radius 1 is 1.69 bits per heavy atom. The van der Waals surface area contributed by atoms with Crippen molar-refractivity contribution in [1.29, 1.82) is 0 Å². The molecule has 0 aliphatic rings. The van der Waals surface area contributed by atoms with E-state index in [-0.39, 0.29) is 10.7 Å². The minimum Gasteiger partial charge on any atom is -0.481 e. The number of carboxylic acid groups (broad SMARTS) is 1. The first-order valence-corrected chi connectivity index (χ1v) is 4.36. The molecule has 1 unspecified atom stereocenters. The van der Waals surface area contributed by atoms with Gasteiger partial charge in [-0.25, -0.2) is 13.8 Å². The fourth-order valence-corrected chi connectivity index (χ4v) is 1.57. The average Bonchev–Trinajstić information content (AvgIpc) is 2.50. The Hall–Kier alpha value is -1.04. The van der Waals surface area contributed by atoms with E-state index < -0.39 is 18.3 Å². The molecule has 1 atom stereocenters. The van der Waals surface area contributed by atoms with Crippen LogP contribution in [0.4, 0.5) is 8.78 Å². The molecule has 1 aromatic heterocycles. The summed E-state index contributed by atoms with van der Waals surface area (Å²) < 4.78 is 24.1. The van der Waals surface area contributed by atoms with E-state index in [1.165, 1.54) is 12.3 Å². The monoisotopic (exact) mass is 207 g/mol. The summed E-state index contributed by atoms with van der Waals surface area (Å²) in [5.74, 6) is -1.88. The smallest absolute Gasteiger partial charge is 0.313 e. The van der Waals surface area contributed by atoms with E-state index in [0.29, 0.717) is 0 Å². The van der Waals surface area contributed by atoms with Gasteiger partial charge in [-0.3, -0.25) is 4.79 Å². The molecular weight excluding hydrogens is 200 g/mol. The molecule has 0 saturated carbocycles. The zero-order valence-corrected chi connectivity index (χ0v) is 7.52. The Morgan fingerprint density at radius 2 is 2.31 bits per heavy atom. The van der Waals surface area contributed by atoms with Crippen LogP contribution in [0.5, 0.6) is 0 Å². The number of carbonyl (C=O) groups is 1. The summed E-state index contributed by atoms with van der Waals surface area (Å²) in [6.45, 7) is 1.41. The number of rotatable bonds is 3. The van der Waals surface area contributed by atoms with Gasteiger partial charge in [0.2, 0.25) is 0 Å². The van der Waals surface area contributed by atoms with Gasteiger partial charge in [0.05, 0.1) is 0 Å². The molecule has 6 heteroatoms. The summed E-state index contributed by atoms with van der Waals surface area (Å²) in [6.07, 6.45) is -2.63. The van der Waals surface area contributed by atoms with Gasteiger partial charge in [0.1, 0.15) is 16.6 Å². The second kappa shape index (κ2) is 3.78. The molecule has 0 bridgehead atoms. The van der Waals surface area contributed by atoms with Gasteiger partial charge in [-0.05, 0) is 6.92 Å². The predicted molar refractivity (Wildman–Crippen MR) is 43.1 cm³/mol. The second-order valence-corrected chi connectivity index (χ2v) is 3.36. The highest BCUT2D eigenvalue weighted by molar-refractivity contribution is 7.09. The van der Waals surface area contributed by atoms with E-state index >= 15 is 0 Å². The third-order valence-corrected chi connectivity index (χ3v) is 2.55. The van der Waals surface area contributed by atoms with Crippen LogP contribution in [0.15, 0.2) is 5.38 Å².